The summed E-state index contributed by atoms with van der Waals surface area (Å²) >= 11 is 0. The van der Waals surface area contributed by atoms with Gasteiger partial charge in [0.2, 0.25) is 0 Å². The molecule has 0 radical (unpaired) electrons. The molecule has 0 aromatic heterocycles. The number of nitrogens with one attached hydrogen (secondary N) is 2. The molecule has 0 unspecified atom stereocenters. The maximum absolute atomic E-state index is 5.48. The van der Waals surface area contributed by atoms with Gasteiger partial charge in [-0.05, 0) is 31.4 Å². The van der Waals surface area contributed by atoms with Gasteiger partial charge in [-0.2, -0.15) is 0 Å². The fraction of sp³-hybridized carbons (Fsp3) is 0.571. The fourth-order valence-electron chi connectivity index (χ4n) is 2.83. The molecule has 2 heterocycles. The normalized spacial score (nSPS) is 22.2. The third kappa shape index (κ3) is 2.00. The molecule has 0 saturated carbocycles. The summed E-state index contributed by atoms with van der Waals surface area (Å²) < 4.78 is 5.48. The minimum Gasteiger partial charge on any atom is -0.383 e. The van der Waals surface area contributed by atoms with E-state index in [9.17, 15) is 0 Å². The highest BCUT2D eigenvalue weighted by Crippen LogP contribution is 2.37. The van der Waals surface area contributed by atoms with Crippen LogP contribution in [-0.2, 0) is 4.74 Å². The summed E-state index contributed by atoms with van der Waals surface area (Å²) in [7, 11) is 0. The predicted octanol–water partition coefficient (Wildman–Crippen LogP) is 2.63. The zero-order valence-corrected chi connectivity index (χ0v) is 10.4. The topological polar surface area (TPSA) is 33.3 Å². The monoisotopic (exact) mass is 232 g/mol. The second-order valence-corrected chi connectivity index (χ2v) is 5.32. The van der Waals surface area contributed by atoms with E-state index in [1.165, 1.54) is 16.9 Å². The number of para-hydroxylation sites is 1. The van der Waals surface area contributed by atoms with Crippen LogP contribution in [0.4, 0.5) is 11.4 Å². The van der Waals surface area contributed by atoms with E-state index in [1.54, 1.807) is 0 Å². The summed E-state index contributed by atoms with van der Waals surface area (Å²) in [5.41, 5.74) is 4.20. The van der Waals surface area contributed by atoms with E-state index < -0.39 is 0 Å². The lowest BCUT2D eigenvalue weighted by molar-refractivity contribution is 0.0276. The van der Waals surface area contributed by atoms with Crippen LogP contribution < -0.4 is 10.6 Å². The first-order valence-corrected chi connectivity index (χ1v) is 6.44. The van der Waals surface area contributed by atoms with Gasteiger partial charge in [0, 0.05) is 31.7 Å². The van der Waals surface area contributed by atoms with Crippen molar-refractivity contribution in [3.8, 4) is 0 Å². The van der Waals surface area contributed by atoms with E-state index in [4.69, 9.17) is 4.74 Å². The van der Waals surface area contributed by atoms with Gasteiger partial charge in [-0.3, -0.25) is 0 Å². The largest absolute Gasteiger partial charge is 0.383 e. The Morgan fingerprint density at radius 1 is 1.12 bits per heavy atom. The summed E-state index contributed by atoms with van der Waals surface area (Å²) in [6, 6.07) is 6.44. The van der Waals surface area contributed by atoms with Crippen molar-refractivity contribution in [2.75, 3.05) is 36.9 Å². The minimum atomic E-state index is 0.365. The molecular weight excluding hydrogens is 212 g/mol. The minimum absolute atomic E-state index is 0.365. The fourth-order valence-corrected chi connectivity index (χ4v) is 2.83. The Hall–Kier alpha value is -1.22. The van der Waals surface area contributed by atoms with Crippen LogP contribution >= 0.6 is 0 Å². The molecule has 2 N–H and O–H groups in total. The van der Waals surface area contributed by atoms with Gasteiger partial charge in [0.25, 0.3) is 0 Å². The first kappa shape index (κ1) is 10.9. The van der Waals surface area contributed by atoms with E-state index in [0.29, 0.717) is 5.41 Å². The Morgan fingerprint density at radius 2 is 1.88 bits per heavy atom. The third-order valence-corrected chi connectivity index (χ3v) is 4.12. The summed E-state index contributed by atoms with van der Waals surface area (Å²) in [5, 5.41) is 7.24. The van der Waals surface area contributed by atoms with Gasteiger partial charge in [0.1, 0.15) is 0 Å². The number of hydrogen-bond acceptors (Lipinski definition) is 3. The SMILES string of the molecule is Cc1cccc2c1NCC1(CCOCC1)CN2. The molecule has 17 heavy (non-hydrogen) atoms. The Balaban J connectivity index is 1.85. The number of aryl methyl sites for hydroxylation is 1. The molecule has 1 saturated heterocycles. The van der Waals surface area contributed by atoms with Crippen molar-refractivity contribution in [2.45, 2.75) is 19.8 Å². The number of benzene rings is 1. The van der Waals surface area contributed by atoms with E-state index >= 15 is 0 Å². The van der Waals surface area contributed by atoms with E-state index in [2.05, 4.69) is 35.8 Å². The molecule has 3 heteroatoms. The molecule has 1 spiro atoms. The van der Waals surface area contributed by atoms with Crippen molar-refractivity contribution < 1.29 is 4.74 Å². The molecule has 1 fully saturated rings. The molecule has 92 valence electrons. The second kappa shape index (κ2) is 4.22. The zero-order valence-electron chi connectivity index (χ0n) is 10.4. The van der Waals surface area contributed by atoms with Crippen molar-refractivity contribution in [3.63, 3.8) is 0 Å². The lowest BCUT2D eigenvalue weighted by Crippen LogP contribution is -2.40. The highest BCUT2D eigenvalue weighted by atomic mass is 16.5. The first-order chi connectivity index (χ1) is 8.29. The predicted molar refractivity (Wildman–Crippen MR) is 70.6 cm³/mol. The number of hydrogen-bond donors (Lipinski definition) is 2. The summed E-state index contributed by atoms with van der Waals surface area (Å²) in [5.74, 6) is 0. The maximum Gasteiger partial charge on any atom is 0.0605 e. The smallest absolute Gasteiger partial charge is 0.0605 e. The van der Waals surface area contributed by atoms with Gasteiger partial charge in [0.15, 0.2) is 0 Å². The number of rotatable bonds is 0. The lowest BCUT2D eigenvalue weighted by atomic mass is 9.80. The standard InChI is InChI=1S/C14H20N2O/c1-11-3-2-4-12-13(11)16-10-14(9-15-12)5-7-17-8-6-14/h2-4,15-16H,5-10H2,1H3. The molecule has 1 aromatic carbocycles. The van der Waals surface area contributed by atoms with Crippen molar-refractivity contribution >= 4 is 11.4 Å². The van der Waals surface area contributed by atoms with Crippen molar-refractivity contribution in [1.82, 2.24) is 0 Å². The number of anilines is 2. The molecule has 3 nitrogen and oxygen atoms in total. The van der Waals surface area contributed by atoms with Crippen LogP contribution in [0.2, 0.25) is 0 Å². The van der Waals surface area contributed by atoms with Gasteiger partial charge < -0.3 is 15.4 Å². The highest BCUT2D eigenvalue weighted by molar-refractivity contribution is 5.73. The number of ether oxygens (including phenoxy) is 1. The number of fused-ring (bicyclic) bond motifs is 1. The van der Waals surface area contributed by atoms with Crippen molar-refractivity contribution in [1.29, 1.82) is 0 Å². The average Bonchev–Trinajstić information content (AvgIpc) is 2.53. The lowest BCUT2D eigenvalue weighted by Gasteiger charge is -2.36. The summed E-state index contributed by atoms with van der Waals surface area (Å²) in [6.07, 6.45) is 2.31. The molecule has 0 bridgehead atoms. The van der Waals surface area contributed by atoms with Gasteiger partial charge in [-0.25, -0.2) is 0 Å². The van der Waals surface area contributed by atoms with Gasteiger partial charge >= 0.3 is 0 Å². The second-order valence-electron chi connectivity index (χ2n) is 5.32. The Kier molecular flexibility index (Phi) is 2.71. The van der Waals surface area contributed by atoms with Crippen LogP contribution in [0.15, 0.2) is 18.2 Å². The van der Waals surface area contributed by atoms with Gasteiger partial charge in [-0.15, -0.1) is 0 Å². The Morgan fingerprint density at radius 3 is 2.71 bits per heavy atom. The summed E-state index contributed by atoms with van der Waals surface area (Å²) in [4.78, 5) is 0. The van der Waals surface area contributed by atoms with Crippen LogP contribution in [0.5, 0.6) is 0 Å². The molecule has 2 aliphatic rings. The maximum atomic E-state index is 5.48. The van der Waals surface area contributed by atoms with E-state index in [-0.39, 0.29) is 0 Å². The average molecular weight is 232 g/mol. The highest BCUT2D eigenvalue weighted by Gasteiger charge is 2.34. The van der Waals surface area contributed by atoms with Crippen LogP contribution in [0.3, 0.4) is 0 Å². The van der Waals surface area contributed by atoms with Crippen LogP contribution in [-0.4, -0.2) is 26.3 Å². The van der Waals surface area contributed by atoms with E-state index in [1.807, 2.05) is 0 Å². The Bertz CT molecular complexity index is 411. The van der Waals surface area contributed by atoms with Crippen LogP contribution in [0, 0.1) is 12.3 Å². The third-order valence-electron chi connectivity index (χ3n) is 4.12. The first-order valence-electron chi connectivity index (χ1n) is 6.44. The molecule has 0 aliphatic carbocycles. The van der Waals surface area contributed by atoms with Crippen molar-refractivity contribution in [3.05, 3.63) is 23.8 Å². The van der Waals surface area contributed by atoms with Gasteiger partial charge in [-0.1, -0.05) is 12.1 Å². The molecule has 1 aromatic rings. The van der Waals surface area contributed by atoms with Crippen LogP contribution in [0.1, 0.15) is 18.4 Å². The van der Waals surface area contributed by atoms with Crippen molar-refractivity contribution in [2.24, 2.45) is 5.41 Å². The van der Waals surface area contributed by atoms with E-state index in [0.717, 1.165) is 39.1 Å². The molecular formula is C14H20N2O. The summed E-state index contributed by atoms with van der Waals surface area (Å²) in [6.45, 7) is 6.08. The molecule has 3 rings (SSSR count). The Labute approximate surface area is 103 Å². The zero-order chi connectivity index (χ0) is 11.7. The quantitative estimate of drug-likeness (QED) is 0.721. The van der Waals surface area contributed by atoms with Gasteiger partial charge in [0.05, 0.1) is 11.4 Å². The molecule has 2 aliphatic heterocycles. The molecule has 0 amide bonds. The molecule has 0 atom stereocenters. The van der Waals surface area contributed by atoms with Crippen LogP contribution in [0.25, 0.3) is 0 Å².